The number of hydrogen-bond acceptors (Lipinski definition) is 3. The van der Waals surface area contributed by atoms with E-state index in [-0.39, 0.29) is 30.9 Å². The lowest BCUT2D eigenvalue weighted by molar-refractivity contribution is -0.142. The summed E-state index contributed by atoms with van der Waals surface area (Å²) in [6, 6.07) is 1.75. The molecular weight excluding hydrogens is 268 g/mol. The van der Waals surface area contributed by atoms with Crippen LogP contribution in [0.5, 0.6) is 0 Å². The summed E-state index contributed by atoms with van der Waals surface area (Å²) < 4.78 is 6.57. The SMILES string of the molecule is CCOC(=O)CCNC(=O)c1cc(Cl)cn1C(C)C. The van der Waals surface area contributed by atoms with Crippen molar-refractivity contribution in [1.82, 2.24) is 9.88 Å². The van der Waals surface area contributed by atoms with Gasteiger partial charge in [-0.3, -0.25) is 9.59 Å². The Labute approximate surface area is 117 Å². The first-order valence-electron chi connectivity index (χ1n) is 6.26. The number of esters is 1. The second kappa shape index (κ2) is 7.19. The molecule has 1 rings (SSSR count). The van der Waals surface area contributed by atoms with Crippen molar-refractivity contribution in [3.8, 4) is 0 Å². The molecule has 5 nitrogen and oxygen atoms in total. The van der Waals surface area contributed by atoms with Crippen LogP contribution >= 0.6 is 11.6 Å². The van der Waals surface area contributed by atoms with E-state index in [0.29, 0.717) is 17.3 Å². The smallest absolute Gasteiger partial charge is 0.307 e. The Bertz CT molecular complexity index is 455. The zero-order valence-corrected chi connectivity index (χ0v) is 12.2. The average Bonchev–Trinajstić information content (AvgIpc) is 2.72. The molecule has 0 fully saturated rings. The van der Waals surface area contributed by atoms with Crippen LogP contribution in [-0.2, 0) is 9.53 Å². The Hall–Kier alpha value is -1.49. The van der Waals surface area contributed by atoms with Crippen LogP contribution in [0.3, 0.4) is 0 Å². The second-order valence-corrected chi connectivity index (χ2v) is 4.79. The molecule has 0 radical (unpaired) electrons. The molecule has 0 aliphatic rings. The molecule has 0 saturated heterocycles. The summed E-state index contributed by atoms with van der Waals surface area (Å²) in [5.41, 5.74) is 0.490. The average molecular weight is 287 g/mol. The van der Waals surface area contributed by atoms with Gasteiger partial charge in [-0.1, -0.05) is 11.6 Å². The van der Waals surface area contributed by atoms with Gasteiger partial charge in [0, 0.05) is 18.8 Å². The zero-order valence-electron chi connectivity index (χ0n) is 11.4. The van der Waals surface area contributed by atoms with E-state index in [1.165, 1.54) is 0 Å². The number of carbonyl (C=O) groups excluding carboxylic acids is 2. The maximum atomic E-state index is 12.0. The highest BCUT2D eigenvalue weighted by molar-refractivity contribution is 6.31. The van der Waals surface area contributed by atoms with E-state index in [1.807, 2.05) is 13.8 Å². The predicted molar refractivity (Wildman–Crippen MR) is 73.4 cm³/mol. The van der Waals surface area contributed by atoms with Crippen LogP contribution in [0, 0.1) is 0 Å². The molecule has 0 aliphatic carbocycles. The first kappa shape index (κ1) is 15.6. The van der Waals surface area contributed by atoms with Gasteiger partial charge in [0.1, 0.15) is 5.69 Å². The van der Waals surface area contributed by atoms with E-state index < -0.39 is 0 Å². The summed E-state index contributed by atoms with van der Waals surface area (Å²) in [4.78, 5) is 23.1. The van der Waals surface area contributed by atoms with Gasteiger partial charge in [0.05, 0.1) is 18.1 Å². The van der Waals surface area contributed by atoms with Gasteiger partial charge in [0.15, 0.2) is 0 Å². The third-order valence-corrected chi connectivity index (χ3v) is 2.73. The monoisotopic (exact) mass is 286 g/mol. The quantitative estimate of drug-likeness (QED) is 0.817. The summed E-state index contributed by atoms with van der Waals surface area (Å²) in [6.45, 7) is 6.27. The number of rotatable bonds is 6. The fourth-order valence-electron chi connectivity index (χ4n) is 1.66. The number of carbonyl (C=O) groups is 2. The standard InChI is InChI=1S/C13H19ClN2O3/c1-4-19-12(17)5-6-15-13(18)11-7-10(14)8-16(11)9(2)3/h7-9H,4-6H2,1-3H3,(H,15,18). The summed E-state index contributed by atoms with van der Waals surface area (Å²) in [5.74, 6) is -0.565. The largest absolute Gasteiger partial charge is 0.466 e. The molecule has 0 spiro atoms. The second-order valence-electron chi connectivity index (χ2n) is 4.36. The number of hydrogen-bond donors (Lipinski definition) is 1. The fraction of sp³-hybridized carbons (Fsp3) is 0.538. The van der Waals surface area contributed by atoms with E-state index in [9.17, 15) is 9.59 Å². The Kier molecular flexibility index (Phi) is 5.89. The van der Waals surface area contributed by atoms with Crippen LogP contribution in [0.15, 0.2) is 12.3 Å². The van der Waals surface area contributed by atoms with Crippen molar-refractivity contribution in [2.24, 2.45) is 0 Å². The minimum atomic E-state index is -0.319. The maximum absolute atomic E-state index is 12.0. The van der Waals surface area contributed by atoms with Crippen LogP contribution < -0.4 is 5.32 Å². The van der Waals surface area contributed by atoms with E-state index in [4.69, 9.17) is 16.3 Å². The molecule has 0 atom stereocenters. The van der Waals surface area contributed by atoms with Gasteiger partial charge in [-0.2, -0.15) is 0 Å². The lowest BCUT2D eigenvalue weighted by Gasteiger charge is -2.12. The summed E-state index contributed by atoms with van der Waals surface area (Å²) in [5, 5.41) is 3.20. The number of amides is 1. The number of aromatic nitrogens is 1. The van der Waals surface area contributed by atoms with E-state index in [1.54, 1.807) is 23.8 Å². The van der Waals surface area contributed by atoms with Crippen molar-refractivity contribution >= 4 is 23.5 Å². The Morgan fingerprint density at radius 2 is 2.16 bits per heavy atom. The molecule has 19 heavy (non-hydrogen) atoms. The minimum absolute atomic E-state index is 0.137. The highest BCUT2D eigenvalue weighted by Gasteiger charge is 2.15. The van der Waals surface area contributed by atoms with Gasteiger partial charge in [-0.05, 0) is 26.8 Å². The number of nitrogens with one attached hydrogen (secondary N) is 1. The number of nitrogens with zero attached hydrogens (tertiary/aromatic N) is 1. The Balaban J connectivity index is 2.56. The summed E-state index contributed by atoms with van der Waals surface area (Å²) >= 11 is 5.90. The molecular formula is C13H19ClN2O3. The van der Waals surface area contributed by atoms with Crippen molar-refractivity contribution in [3.63, 3.8) is 0 Å². The van der Waals surface area contributed by atoms with Crippen molar-refractivity contribution in [2.75, 3.05) is 13.2 Å². The lowest BCUT2D eigenvalue weighted by atomic mass is 10.3. The van der Waals surface area contributed by atoms with Crippen molar-refractivity contribution in [2.45, 2.75) is 33.2 Å². The first-order chi connectivity index (χ1) is 8.95. The van der Waals surface area contributed by atoms with Gasteiger partial charge in [-0.15, -0.1) is 0 Å². The molecule has 6 heteroatoms. The lowest BCUT2D eigenvalue weighted by Crippen LogP contribution is -2.28. The van der Waals surface area contributed by atoms with Gasteiger partial charge in [0.25, 0.3) is 5.91 Å². The molecule has 1 N–H and O–H groups in total. The van der Waals surface area contributed by atoms with Gasteiger partial charge < -0.3 is 14.6 Å². The molecule has 1 amide bonds. The summed E-state index contributed by atoms with van der Waals surface area (Å²) in [7, 11) is 0. The fourth-order valence-corrected chi connectivity index (χ4v) is 1.87. The third-order valence-electron chi connectivity index (χ3n) is 2.52. The van der Waals surface area contributed by atoms with Crippen LogP contribution in [0.2, 0.25) is 5.02 Å². The molecule has 1 heterocycles. The molecule has 0 aromatic carbocycles. The molecule has 0 saturated carbocycles. The van der Waals surface area contributed by atoms with Crippen molar-refractivity contribution in [3.05, 3.63) is 23.0 Å². The molecule has 106 valence electrons. The topological polar surface area (TPSA) is 60.3 Å². The summed E-state index contributed by atoms with van der Waals surface area (Å²) in [6.07, 6.45) is 1.88. The molecule has 0 bridgehead atoms. The maximum Gasteiger partial charge on any atom is 0.307 e. The minimum Gasteiger partial charge on any atom is -0.466 e. The van der Waals surface area contributed by atoms with E-state index >= 15 is 0 Å². The highest BCUT2D eigenvalue weighted by atomic mass is 35.5. The van der Waals surface area contributed by atoms with Gasteiger partial charge >= 0.3 is 5.97 Å². The van der Waals surface area contributed by atoms with Crippen LogP contribution in [0.1, 0.15) is 43.7 Å². The Morgan fingerprint density at radius 1 is 1.47 bits per heavy atom. The third kappa shape index (κ3) is 4.59. The number of halogens is 1. The first-order valence-corrected chi connectivity index (χ1v) is 6.64. The number of ether oxygens (including phenoxy) is 1. The van der Waals surface area contributed by atoms with Crippen LogP contribution in [-0.4, -0.2) is 29.6 Å². The Morgan fingerprint density at radius 3 is 2.74 bits per heavy atom. The van der Waals surface area contributed by atoms with Gasteiger partial charge in [-0.25, -0.2) is 0 Å². The normalized spacial score (nSPS) is 10.6. The van der Waals surface area contributed by atoms with E-state index in [2.05, 4.69) is 5.32 Å². The highest BCUT2D eigenvalue weighted by Crippen LogP contribution is 2.18. The zero-order chi connectivity index (χ0) is 14.4. The van der Waals surface area contributed by atoms with Crippen molar-refractivity contribution < 1.29 is 14.3 Å². The van der Waals surface area contributed by atoms with E-state index in [0.717, 1.165) is 0 Å². The molecule has 1 aromatic heterocycles. The molecule has 0 aliphatic heterocycles. The van der Waals surface area contributed by atoms with Crippen LogP contribution in [0.25, 0.3) is 0 Å². The molecule has 1 aromatic rings. The van der Waals surface area contributed by atoms with Crippen LogP contribution in [0.4, 0.5) is 0 Å². The van der Waals surface area contributed by atoms with Gasteiger partial charge in [0.2, 0.25) is 0 Å². The molecule has 0 unspecified atom stereocenters. The van der Waals surface area contributed by atoms with Crippen molar-refractivity contribution in [1.29, 1.82) is 0 Å². The predicted octanol–water partition coefficient (Wildman–Crippen LogP) is 2.41.